The van der Waals surface area contributed by atoms with E-state index in [9.17, 15) is 20.1 Å². The Hall–Kier alpha value is -0.750. The number of ketones is 1. The minimum absolute atomic E-state index is 0.0666. The third-order valence-electron chi connectivity index (χ3n) is 12.2. The molecule has 0 radical (unpaired) electrons. The van der Waals surface area contributed by atoms with E-state index in [1.165, 1.54) is 11.1 Å². The highest BCUT2D eigenvalue weighted by Crippen LogP contribution is 2.74. The molecule has 5 rings (SSSR count). The smallest absolute Gasteiger partial charge is 0.138 e. The monoisotopic (exact) mass is 488 g/mol. The van der Waals surface area contributed by atoms with Gasteiger partial charge in [-0.1, -0.05) is 47.1 Å². The quantitative estimate of drug-likeness (QED) is 0.486. The van der Waals surface area contributed by atoms with Crippen molar-refractivity contribution >= 4 is 5.78 Å². The lowest BCUT2D eigenvalue weighted by Crippen LogP contribution is -2.65. The summed E-state index contributed by atoms with van der Waals surface area (Å²) in [5.41, 5.74) is 0.954. The maximum Gasteiger partial charge on any atom is 0.138 e. The largest absolute Gasteiger partial charge is 0.392 e. The van der Waals surface area contributed by atoms with Gasteiger partial charge in [0.05, 0.1) is 23.9 Å². The lowest BCUT2D eigenvalue weighted by Gasteiger charge is -2.68. The normalized spacial score (nSPS) is 50.2. The standard InChI is InChI=1S/C30H48O5/c1-16-13-19(25(33)27(4,5)34)35-20-15-30(8)17(23(16)20)14-18(31)24-28(6)11-10-22(32)26(2,3)21(28)9-12-29(24,30)7/h16,18-21,24-25,31,33-34H,9-15H2,1-8H3/t16-,18?,19+,20+,21?,24?,25-,28+,29+,30+/m1/s1. The van der Waals surface area contributed by atoms with Crippen molar-refractivity contribution in [2.75, 3.05) is 0 Å². The van der Waals surface area contributed by atoms with Crippen LogP contribution >= 0.6 is 0 Å². The van der Waals surface area contributed by atoms with E-state index in [1.807, 2.05) is 0 Å². The van der Waals surface area contributed by atoms with Crippen LogP contribution in [0, 0.1) is 39.4 Å². The number of rotatable bonds is 2. The molecule has 5 heteroatoms. The summed E-state index contributed by atoms with van der Waals surface area (Å²) in [6.45, 7) is 17.0. The van der Waals surface area contributed by atoms with Crippen LogP contribution in [0.4, 0.5) is 0 Å². The number of carbonyl (C=O) groups excluding carboxylic acids is 1. The van der Waals surface area contributed by atoms with Gasteiger partial charge in [0.15, 0.2) is 0 Å². The molecule has 0 spiro atoms. The molecule has 5 aliphatic rings. The van der Waals surface area contributed by atoms with Gasteiger partial charge in [0.2, 0.25) is 0 Å². The molecule has 0 aromatic carbocycles. The van der Waals surface area contributed by atoms with E-state index in [-0.39, 0.29) is 39.6 Å². The number of carbonyl (C=O) groups is 1. The molecule has 4 fully saturated rings. The Bertz CT molecular complexity index is 945. The zero-order valence-corrected chi connectivity index (χ0v) is 23.1. The van der Waals surface area contributed by atoms with Crippen LogP contribution in [0.15, 0.2) is 11.1 Å². The van der Waals surface area contributed by atoms with Crippen LogP contribution in [0.2, 0.25) is 0 Å². The van der Waals surface area contributed by atoms with Crippen molar-refractivity contribution in [2.24, 2.45) is 39.4 Å². The number of aliphatic hydroxyl groups excluding tert-OH is 2. The molecule has 1 saturated heterocycles. The minimum atomic E-state index is -1.21. The summed E-state index contributed by atoms with van der Waals surface area (Å²) in [6.07, 6.45) is 3.95. The zero-order chi connectivity index (χ0) is 25.9. The van der Waals surface area contributed by atoms with E-state index < -0.39 is 23.9 Å². The first kappa shape index (κ1) is 25.9. The van der Waals surface area contributed by atoms with Crippen LogP contribution in [0.25, 0.3) is 0 Å². The van der Waals surface area contributed by atoms with Gasteiger partial charge in [0, 0.05) is 11.8 Å². The van der Waals surface area contributed by atoms with Crippen LogP contribution in [0.1, 0.15) is 100 Å². The Labute approximate surface area is 211 Å². The van der Waals surface area contributed by atoms with E-state index in [1.54, 1.807) is 13.8 Å². The predicted molar refractivity (Wildman–Crippen MR) is 136 cm³/mol. The van der Waals surface area contributed by atoms with E-state index >= 15 is 0 Å². The van der Waals surface area contributed by atoms with Crippen molar-refractivity contribution in [1.82, 2.24) is 0 Å². The summed E-state index contributed by atoms with van der Waals surface area (Å²) in [7, 11) is 0. The van der Waals surface area contributed by atoms with Crippen LogP contribution in [-0.4, -0.2) is 51.1 Å². The van der Waals surface area contributed by atoms with E-state index in [0.717, 1.165) is 25.7 Å². The molecule has 10 atom stereocenters. The van der Waals surface area contributed by atoms with Gasteiger partial charge < -0.3 is 20.1 Å². The molecule has 1 heterocycles. The van der Waals surface area contributed by atoms with Crippen molar-refractivity contribution in [1.29, 1.82) is 0 Å². The molecule has 0 aromatic heterocycles. The van der Waals surface area contributed by atoms with Crippen LogP contribution in [0.3, 0.4) is 0 Å². The van der Waals surface area contributed by atoms with Crippen LogP contribution in [-0.2, 0) is 9.53 Å². The SMILES string of the molecule is C[C@@H]1C[C@@H]([C@@H](O)C(C)(C)O)O[C@H]2C[C@@]3(C)C(=C12)CC(O)C1[C@@]2(C)CCC(=O)C(C)(C)C2CC[C@@]13C. The molecule has 3 N–H and O–H groups in total. The summed E-state index contributed by atoms with van der Waals surface area (Å²) in [4.78, 5) is 12.9. The molecule has 35 heavy (non-hydrogen) atoms. The fourth-order valence-electron chi connectivity index (χ4n) is 10.3. The van der Waals surface area contributed by atoms with Crippen LogP contribution < -0.4 is 0 Å². The molecule has 0 bridgehead atoms. The Morgan fingerprint density at radius 3 is 2.40 bits per heavy atom. The second kappa shape index (κ2) is 7.65. The fraction of sp³-hybridized carbons (Fsp3) is 0.900. The van der Waals surface area contributed by atoms with Gasteiger partial charge in [0.1, 0.15) is 11.9 Å². The van der Waals surface area contributed by atoms with E-state index in [4.69, 9.17) is 4.74 Å². The maximum atomic E-state index is 12.9. The molecule has 5 nitrogen and oxygen atoms in total. The minimum Gasteiger partial charge on any atom is -0.392 e. The van der Waals surface area contributed by atoms with Gasteiger partial charge in [-0.15, -0.1) is 0 Å². The van der Waals surface area contributed by atoms with Crippen LogP contribution in [0.5, 0.6) is 0 Å². The Morgan fingerprint density at radius 2 is 1.77 bits per heavy atom. The van der Waals surface area contributed by atoms with Gasteiger partial charge in [0.25, 0.3) is 0 Å². The number of fused-ring (bicyclic) bond motifs is 6. The lowest BCUT2D eigenvalue weighted by atomic mass is 9.36. The molecule has 198 valence electrons. The molecule has 4 aliphatic carbocycles. The van der Waals surface area contributed by atoms with E-state index in [0.29, 0.717) is 31.0 Å². The van der Waals surface area contributed by atoms with Gasteiger partial charge in [-0.3, -0.25) is 4.79 Å². The van der Waals surface area contributed by atoms with Gasteiger partial charge in [-0.25, -0.2) is 0 Å². The first-order valence-electron chi connectivity index (χ1n) is 14.0. The second-order valence-corrected chi connectivity index (χ2v) is 14.8. The first-order chi connectivity index (χ1) is 16.0. The average molecular weight is 489 g/mol. The predicted octanol–water partition coefficient (Wildman–Crippen LogP) is 4.81. The average Bonchev–Trinajstić information content (AvgIpc) is 3.03. The molecular formula is C30H48O5. The summed E-state index contributed by atoms with van der Waals surface area (Å²) in [5.74, 6) is 1.07. The summed E-state index contributed by atoms with van der Waals surface area (Å²) < 4.78 is 6.57. The topological polar surface area (TPSA) is 87.0 Å². The molecule has 3 unspecified atom stereocenters. The molecular weight excluding hydrogens is 440 g/mol. The third kappa shape index (κ3) is 3.30. The summed E-state index contributed by atoms with van der Waals surface area (Å²) in [6, 6.07) is 0. The second-order valence-electron chi connectivity index (χ2n) is 14.8. The summed E-state index contributed by atoms with van der Waals surface area (Å²) >= 11 is 0. The third-order valence-corrected chi connectivity index (χ3v) is 12.2. The Kier molecular flexibility index (Phi) is 5.65. The highest BCUT2D eigenvalue weighted by Gasteiger charge is 2.70. The number of hydrogen-bond donors (Lipinski definition) is 3. The molecule has 3 saturated carbocycles. The fourth-order valence-corrected chi connectivity index (χ4v) is 10.3. The van der Waals surface area contributed by atoms with Crippen molar-refractivity contribution in [3.8, 4) is 0 Å². The highest BCUT2D eigenvalue weighted by molar-refractivity contribution is 5.85. The van der Waals surface area contributed by atoms with Crippen molar-refractivity contribution in [3.63, 3.8) is 0 Å². The summed E-state index contributed by atoms with van der Waals surface area (Å²) in [5, 5.41) is 33.1. The number of aliphatic hydroxyl groups is 3. The number of ether oxygens (including phenoxy) is 1. The molecule has 0 aromatic rings. The van der Waals surface area contributed by atoms with Gasteiger partial charge in [-0.2, -0.15) is 0 Å². The van der Waals surface area contributed by atoms with Gasteiger partial charge in [-0.05, 0) is 91.9 Å². The number of Topliss-reactive ketones (excluding diaryl/α,β-unsaturated/α-hetero) is 1. The molecule has 0 amide bonds. The van der Waals surface area contributed by atoms with Crippen molar-refractivity contribution < 1.29 is 24.9 Å². The maximum absolute atomic E-state index is 12.9. The van der Waals surface area contributed by atoms with E-state index in [2.05, 4.69) is 41.5 Å². The van der Waals surface area contributed by atoms with Crippen molar-refractivity contribution in [2.45, 2.75) is 130 Å². The zero-order valence-electron chi connectivity index (χ0n) is 23.1. The van der Waals surface area contributed by atoms with Gasteiger partial charge >= 0.3 is 0 Å². The lowest BCUT2D eigenvalue weighted by molar-refractivity contribution is -0.212. The Morgan fingerprint density at radius 1 is 1.11 bits per heavy atom. The first-order valence-corrected chi connectivity index (χ1v) is 14.0. The highest BCUT2D eigenvalue weighted by atomic mass is 16.5. The van der Waals surface area contributed by atoms with Crippen molar-refractivity contribution in [3.05, 3.63) is 11.1 Å². The molecule has 1 aliphatic heterocycles. The Balaban J connectivity index is 1.53. The number of hydrogen-bond acceptors (Lipinski definition) is 5.